The first-order valence-corrected chi connectivity index (χ1v) is 7.04. The van der Waals surface area contributed by atoms with Crippen molar-refractivity contribution < 1.29 is 0 Å². The summed E-state index contributed by atoms with van der Waals surface area (Å²) < 4.78 is 1.88. The number of piperazine rings is 1. The van der Waals surface area contributed by atoms with Crippen molar-refractivity contribution in [1.29, 1.82) is 0 Å². The zero-order valence-electron chi connectivity index (χ0n) is 11.8. The highest BCUT2D eigenvalue weighted by Gasteiger charge is 2.27. The zero-order chi connectivity index (χ0) is 13.0. The summed E-state index contributed by atoms with van der Waals surface area (Å²) in [6.45, 7) is 7.64. The molecule has 1 aromatic heterocycles. The molecule has 0 amide bonds. The molecule has 0 spiro atoms. The Morgan fingerprint density at radius 1 is 1.44 bits per heavy atom. The Morgan fingerprint density at radius 3 is 2.89 bits per heavy atom. The van der Waals surface area contributed by atoms with E-state index in [4.69, 9.17) is 0 Å². The molecule has 0 bridgehead atoms. The average molecular weight is 251 g/mol. The number of aromatic nitrogens is 3. The first-order valence-electron chi connectivity index (χ1n) is 7.04. The maximum absolute atomic E-state index is 4.35. The molecule has 1 aliphatic rings. The van der Waals surface area contributed by atoms with Gasteiger partial charge in [0.15, 0.2) is 0 Å². The minimum Gasteiger partial charge on any atom is -0.311 e. The Balaban J connectivity index is 2.02. The Labute approximate surface area is 110 Å². The van der Waals surface area contributed by atoms with Gasteiger partial charge in [-0.05, 0) is 12.8 Å². The first-order chi connectivity index (χ1) is 8.74. The van der Waals surface area contributed by atoms with E-state index in [-0.39, 0.29) is 0 Å². The average Bonchev–Trinajstić information content (AvgIpc) is 2.77. The fourth-order valence-corrected chi connectivity index (χ4v) is 2.66. The lowest BCUT2D eigenvalue weighted by Crippen LogP contribution is -2.55. The van der Waals surface area contributed by atoms with Crippen molar-refractivity contribution in [3.8, 4) is 0 Å². The summed E-state index contributed by atoms with van der Waals surface area (Å²) in [5.41, 5.74) is 0. The summed E-state index contributed by atoms with van der Waals surface area (Å²) in [5, 5.41) is 7.80. The molecule has 0 aromatic carbocycles. The van der Waals surface area contributed by atoms with Crippen LogP contribution in [-0.4, -0.2) is 44.8 Å². The molecule has 2 rings (SSSR count). The van der Waals surface area contributed by atoms with Crippen LogP contribution in [0.15, 0.2) is 6.33 Å². The van der Waals surface area contributed by atoms with Crippen LogP contribution in [0, 0.1) is 0 Å². The molecular formula is C13H25N5. The first kappa shape index (κ1) is 13.5. The van der Waals surface area contributed by atoms with Crippen molar-refractivity contribution in [3.63, 3.8) is 0 Å². The Hall–Kier alpha value is -0.940. The van der Waals surface area contributed by atoms with Crippen LogP contribution in [0.2, 0.25) is 0 Å². The second-order valence-corrected chi connectivity index (χ2v) is 5.19. The lowest BCUT2D eigenvalue weighted by molar-refractivity contribution is 0.109. The van der Waals surface area contributed by atoms with E-state index in [1.807, 2.05) is 11.7 Å². The van der Waals surface area contributed by atoms with Crippen LogP contribution in [-0.2, 0) is 13.6 Å². The van der Waals surface area contributed by atoms with Gasteiger partial charge in [0.25, 0.3) is 0 Å². The molecule has 1 N–H and O–H groups in total. The summed E-state index contributed by atoms with van der Waals surface area (Å²) in [6.07, 6.45) is 5.32. The van der Waals surface area contributed by atoms with Crippen molar-refractivity contribution in [2.45, 2.75) is 51.7 Å². The van der Waals surface area contributed by atoms with Crippen molar-refractivity contribution >= 4 is 0 Å². The van der Waals surface area contributed by atoms with E-state index in [1.165, 1.54) is 19.3 Å². The van der Waals surface area contributed by atoms with Crippen molar-refractivity contribution in [1.82, 2.24) is 25.0 Å². The zero-order valence-corrected chi connectivity index (χ0v) is 11.8. The lowest BCUT2D eigenvalue weighted by Gasteiger charge is -2.40. The van der Waals surface area contributed by atoms with Gasteiger partial charge in [-0.15, -0.1) is 0 Å². The van der Waals surface area contributed by atoms with Crippen molar-refractivity contribution in [2.75, 3.05) is 13.1 Å². The molecule has 2 heterocycles. The summed E-state index contributed by atoms with van der Waals surface area (Å²) in [7, 11) is 1.97. The van der Waals surface area contributed by atoms with Gasteiger partial charge in [-0.3, -0.25) is 9.58 Å². The minimum atomic E-state index is 0.617. The van der Waals surface area contributed by atoms with Gasteiger partial charge in [-0.25, -0.2) is 4.98 Å². The van der Waals surface area contributed by atoms with E-state index in [0.29, 0.717) is 12.1 Å². The molecule has 102 valence electrons. The van der Waals surface area contributed by atoms with Gasteiger partial charge in [-0.1, -0.05) is 20.3 Å². The van der Waals surface area contributed by atoms with Crippen LogP contribution in [0.25, 0.3) is 0 Å². The van der Waals surface area contributed by atoms with Crippen molar-refractivity contribution in [2.24, 2.45) is 7.05 Å². The molecule has 1 saturated heterocycles. The summed E-state index contributed by atoms with van der Waals surface area (Å²) in [6, 6.07) is 1.25. The van der Waals surface area contributed by atoms with Crippen LogP contribution in [0.4, 0.5) is 0 Å². The standard InChI is InChI=1S/C13H25N5/c1-4-6-12-7-14-11(5-2)8-18(12)9-13-15-10-16-17(13)3/h10-12,14H,4-9H2,1-3H3. The van der Waals surface area contributed by atoms with E-state index in [1.54, 1.807) is 6.33 Å². The number of aryl methyl sites for hydroxylation is 1. The molecule has 5 heteroatoms. The SMILES string of the molecule is CCCC1CNC(CC)CN1Cc1ncnn1C. The van der Waals surface area contributed by atoms with E-state index in [0.717, 1.165) is 25.5 Å². The predicted octanol–water partition coefficient (Wildman–Crippen LogP) is 1.17. The molecule has 18 heavy (non-hydrogen) atoms. The monoisotopic (exact) mass is 251 g/mol. The fraction of sp³-hybridized carbons (Fsp3) is 0.846. The highest BCUT2D eigenvalue weighted by Crippen LogP contribution is 2.16. The van der Waals surface area contributed by atoms with Gasteiger partial charge in [0.1, 0.15) is 12.2 Å². The third-order valence-corrected chi connectivity index (χ3v) is 3.88. The van der Waals surface area contributed by atoms with E-state index in [2.05, 4.69) is 34.1 Å². The smallest absolute Gasteiger partial charge is 0.140 e. The number of hydrogen-bond acceptors (Lipinski definition) is 4. The fourth-order valence-electron chi connectivity index (χ4n) is 2.66. The number of rotatable bonds is 5. The highest BCUT2D eigenvalue weighted by atomic mass is 15.3. The number of nitrogens with one attached hydrogen (secondary N) is 1. The number of hydrogen-bond donors (Lipinski definition) is 1. The maximum Gasteiger partial charge on any atom is 0.140 e. The molecule has 0 saturated carbocycles. The molecule has 5 nitrogen and oxygen atoms in total. The van der Waals surface area contributed by atoms with Crippen LogP contribution in [0.1, 0.15) is 38.9 Å². The van der Waals surface area contributed by atoms with Gasteiger partial charge >= 0.3 is 0 Å². The normalized spacial score (nSPS) is 25.5. The number of nitrogens with zero attached hydrogens (tertiary/aromatic N) is 4. The van der Waals surface area contributed by atoms with Crippen LogP contribution >= 0.6 is 0 Å². The highest BCUT2D eigenvalue weighted by molar-refractivity contribution is 4.91. The Kier molecular flexibility index (Phi) is 4.72. The van der Waals surface area contributed by atoms with Gasteiger partial charge in [0, 0.05) is 32.2 Å². The summed E-state index contributed by atoms with van der Waals surface area (Å²) >= 11 is 0. The van der Waals surface area contributed by atoms with Gasteiger partial charge in [-0.2, -0.15) is 5.10 Å². The third-order valence-electron chi connectivity index (χ3n) is 3.88. The van der Waals surface area contributed by atoms with E-state index >= 15 is 0 Å². The van der Waals surface area contributed by atoms with E-state index in [9.17, 15) is 0 Å². The molecule has 0 radical (unpaired) electrons. The topological polar surface area (TPSA) is 46.0 Å². The molecule has 1 aliphatic heterocycles. The van der Waals surface area contributed by atoms with Gasteiger partial charge in [0.2, 0.25) is 0 Å². The molecule has 1 aromatic rings. The second kappa shape index (κ2) is 6.29. The maximum atomic E-state index is 4.35. The summed E-state index contributed by atoms with van der Waals surface area (Å²) in [4.78, 5) is 6.91. The molecule has 1 fully saturated rings. The predicted molar refractivity (Wildman–Crippen MR) is 72.2 cm³/mol. The molecule has 2 atom stereocenters. The summed E-state index contributed by atoms with van der Waals surface area (Å²) in [5.74, 6) is 1.06. The quantitative estimate of drug-likeness (QED) is 0.853. The van der Waals surface area contributed by atoms with E-state index < -0.39 is 0 Å². The molecular weight excluding hydrogens is 226 g/mol. The lowest BCUT2D eigenvalue weighted by atomic mass is 10.0. The van der Waals surface area contributed by atoms with Crippen LogP contribution in [0.3, 0.4) is 0 Å². The van der Waals surface area contributed by atoms with Crippen LogP contribution in [0.5, 0.6) is 0 Å². The van der Waals surface area contributed by atoms with Crippen molar-refractivity contribution in [3.05, 3.63) is 12.2 Å². The van der Waals surface area contributed by atoms with Gasteiger partial charge in [0.05, 0.1) is 6.54 Å². The minimum absolute atomic E-state index is 0.617. The van der Waals surface area contributed by atoms with Gasteiger partial charge < -0.3 is 5.32 Å². The van der Waals surface area contributed by atoms with Crippen LogP contribution < -0.4 is 5.32 Å². The second-order valence-electron chi connectivity index (χ2n) is 5.19. The molecule has 2 unspecified atom stereocenters. The third kappa shape index (κ3) is 3.09. The Morgan fingerprint density at radius 2 is 2.28 bits per heavy atom. The largest absolute Gasteiger partial charge is 0.311 e. The Bertz CT molecular complexity index is 362. The molecule has 0 aliphatic carbocycles.